The number of benzene rings is 2. The van der Waals surface area contributed by atoms with Gasteiger partial charge >= 0.3 is 5.69 Å². The number of methoxy groups -OCH3 is 1. The quantitative estimate of drug-likeness (QED) is 0.508. The first-order valence-electron chi connectivity index (χ1n) is 9.18. The number of rotatable bonds is 7. The third-order valence-electron chi connectivity index (χ3n) is 4.79. The highest BCUT2D eigenvalue weighted by atomic mass is 32.2. The van der Waals surface area contributed by atoms with Gasteiger partial charge in [0.25, 0.3) is 0 Å². The second kappa shape index (κ2) is 9.17. The standard InChI is InChI=1S/C20H23N3O5S/c1-28-20-10-9-18(16-19(20)23(24)25)29(26,27)22-14-12-21(13-15-22)11-5-8-17-6-3-2-4-7-17/h2-10,16H,11-15H2,1H3/b8-5+. The van der Waals surface area contributed by atoms with E-state index in [1.807, 2.05) is 36.4 Å². The summed E-state index contributed by atoms with van der Waals surface area (Å²) < 4.78 is 32.1. The minimum Gasteiger partial charge on any atom is -0.490 e. The molecule has 0 aliphatic carbocycles. The zero-order valence-electron chi connectivity index (χ0n) is 16.1. The summed E-state index contributed by atoms with van der Waals surface area (Å²) in [5.74, 6) is 0.0315. The Bertz CT molecular complexity index is 984. The molecule has 0 aromatic heterocycles. The summed E-state index contributed by atoms with van der Waals surface area (Å²) in [5.41, 5.74) is 0.757. The van der Waals surface area contributed by atoms with Crippen molar-refractivity contribution in [2.45, 2.75) is 4.90 Å². The molecule has 0 radical (unpaired) electrons. The van der Waals surface area contributed by atoms with E-state index in [2.05, 4.69) is 11.0 Å². The molecule has 0 N–H and O–H groups in total. The van der Waals surface area contributed by atoms with Gasteiger partial charge in [0.1, 0.15) is 0 Å². The molecule has 0 unspecified atom stereocenters. The van der Waals surface area contributed by atoms with E-state index in [1.54, 1.807) is 0 Å². The summed E-state index contributed by atoms with van der Waals surface area (Å²) in [6.07, 6.45) is 4.10. The molecule has 1 aliphatic rings. The maximum Gasteiger partial charge on any atom is 0.312 e. The normalized spacial score (nSPS) is 16.2. The molecule has 0 amide bonds. The Morgan fingerprint density at radius 1 is 1.10 bits per heavy atom. The Balaban J connectivity index is 1.63. The molecule has 2 aromatic rings. The van der Waals surface area contributed by atoms with Crippen LogP contribution in [0.4, 0.5) is 5.69 Å². The van der Waals surface area contributed by atoms with E-state index in [9.17, 15) is 18.5 Å². The van der Waals surface area contributed by atoms with Crippen molar-refractivity contribution in [1.82, 2.24) is 9.21 Å². The lowest BCUT2D eigenvalue weighted by atomic mass is 10.2. The van der Waals surface area contributed by atoms with Crippen LogP contribution in [0.3, 0.4) is 0 Å². The van der Waals surface area contributed by atoms with Crippen molar-refractivity contribution in [1.29, 1.82) is 0 Å². The number of hydrogen-bond donors (Lipinski definition) is 0. The van der Waals surface area contributed by atoms with Gasteiger partial charge in [0, 0.05) is 38.8 Å². The van der Waals surface area contributed by atoms with Crippen molar-refractivity contribution in [3.8, 4) is 5.75 Å². The van der Waals surface area contributed by atoms with E-state index in [4.69, 9.17) is 4.74 Å². The molecule has 29 heavy (non-hydrogen) atoms. The van der Waals surface area contributed by atoms with E-state index in [1.165, 1.54) is 23.5 Å². The molecule has 1 fully saturated rings. The molecule has 1 aliphatic heterocycles. The summed E-state index contributed by atoms with van der Waals surface area (Å²) in [6, 6.07) is 13.7. The fourth-order valence-corrected chi connectivity index (χ4v) is 4.62. The van der Waals surface area contributed by atoms with Gasteiger partial charge in [-0.25, -0.2) is 8.42 Å². The molecular weight excluding hydrogens is 394 g/mol. The van der Waals surface area contributed by atoms with Crippen LogP contribution in [0.25, 0.3) is 6.08 Å². The zero-order chi connectivity index (χ0) is 20.9. The van der Waals surface area contributed by atoms with Crippen LogP contribution >= 0.6 is 0 Å². The number of hydrogen-bond acceptors (Lipinski definition) is 6. The number of piperazine rings is 1. The van der Waals surface area contributed by atoms with Crippen molar-refractivity contribution in [2.75, 3.05) is 39.8 Å². The number of nitrogens with zero attached hydrogens (tertiary/aromatic N) is 3. The Labute approximate surface area is 170 Å². The molecule has 1 saturated heterocycles. The fourth-order valence-electron chi connectivity index (χ4n) is 3.18. The number of nitro groups is 1. The second-order valence-corrected chi connectivity index (χ2v) is 8.55. The zero-order valence-corrected chi connectivity index (χ0v) is 16.9. The van der Waals surface area contributed by atoms with E-state index in [0.29, 0.717) is 26.2 Å². The van der Waals surface area contributed by atoms with Crippen molar-refractivity contribution in [2.24, 2.45) is 0 Å². The molecule has 9 heteroatoms. The van der Waals surface area contributed by atoms with Gasteiger partial charge in [-0.15, -0.1) is 0 Å². The van der Waals surface area contributed by atoms with Gasteiger partial charge in [0.2, 0.25) is 10.0 Å². The highest BCUT2D eigenvalue weighted by Gasteiger charge is 2.30. The smallest absolute Gasteiger partial charge is 0.312 e. The van der Waals surface area contributed by atoms with Crippen LogP contribution < -0.4 is 4.74 Å². The Kier molecular flexibility index (Phi) is 6.63. The van der Waals surface area contributed by atoms with Crippen molar-refractivity contribution in [3.63, 3.8) is 0 Å². The third-order valence-corrected chi connectivity index (χ3v) is 6.68. The van der Waals surface area contributed by atoms with E-state index in [0.717, 1.165) is 18.2 Å². The molecule has 1 heterocycles. The first-order chi connectivity index (χ1) is 13.9. The maximum absolute atomic E-state index is 12.9. The van der Waals surface area contributed by atoms with Gasteiger partial charge in [0.15, 0.2) is 5.75 Å². The summed E-state index contributed by atoms with van der Waals surface area (Å²) in [6.45, 7) is 2.59. The average molecular weight is 417 g/mol. The van der Waals surface area contributed by atoms with Crippen LogP contribution in [-0.2, 0) is 10.0 Å². The van der Waals surface area contributed by atoms with Crippen LogP contribution in [0.1, 0.15) is 5.56 Å². The van der Waals surface area contributed by atoms with E-state index >= 15 is 0 Å². The first kappa shape index (κ1) is 21.0. The molecular formula is C20H23N3O5S. The predicted octanol–water partition coefficient (Wildman–Crippen LogP) is 2.62. The van der Waals surface area contributed by atoms with Gasteiger partial charge in [-0.3, -0.25) is 15.0 Å². The lowest BCUT2D eigenvalue weighted by Crippen LogP contribution is -2.48. The highest BCUT2D eigenvalue weighted by molar-refractivity contribution is 7.89. The molecule has 8 nitrogen and oxygen atoms in total. The summed E-state index contributed by atoms with van der Waals surface area (Å²) >= 11 is 0. The monoisotopic (exact) mass is 417 g/mol. The number of ether oxygens (including phenoxy) is 1. The van der Waals surface area contributed by atoms with Gasteiger partial charge in [-0.1, -0.05) is 42.5 Å². The summed E-state index contributed by atoms with van der Waals surface area (Å²) in [4.78, 5) is 12.6. The lowest BCUT2D eigenvalue weighted by molar-refractivity contribution is -0.386. The van der Waals surface area contributed by atoms with Crippen molar-refractivity contribution < 1.29 is 18.1 Å². The third kappa shape index (κ3) is 5.00. The minimum absolute atomic E-state index is 0.0315. The number of sulfonamides is 1. The Morgan fingerprint density at radius 3 is 2.41 bits per heavy atom. The second-order valence-electron chi connectivity index (χ2n) is 6.61. The highest BCUT2D eigenvalue weighted by Crippen LogP contribution is 2.30. The molecule has 3 rings (SSSR count). The summed E-state index contributed by atoms with van der Waals surface area (Å²) in [5, 5.41) is 11.2. The Morgan fingerprint density at radius 2 is 1.79 bits per heavy atom. The fraction of sp³-hybridized carbons (Fsp3) is 0.300. The average Bonchev–Trinajstić information content (AvgIpc) is 2.74. The van der Waals surface area contributed by atoms with Crippen LogP contribution in [0.15, 0.2) is 59.5 Å². The molecule has 0 atom stereocenters. The molecule has 2 aromatic carbocycles. The maximum atomic E-state index is 12.9. The minimum atomic E-state index is -3.80. The molecule has 0 saturated carbocycles. The van der Waals surface area contributed by atoms with Gasteiger partial charge in [-0.05, 0) is 17.7 Å². The van der Waals surface area contributed by atoms with Crippen LogP contribution in [0.2, 0.25) is 0 Å². The first-order valence-corrected chi connectivity index (χ1v) is 10.6. The molecule has 154 valence electrons. The van der Waals surface area contributed by atoms with Crippen LogP contribution in [-0.4, -0.2) is 62.4 Å². The van der Waals surface area contributed by atoms with E-state index in [-0.39, 0.29) is 16.3 Å². The van der Waals surface area contributed by atoms with Gasteiger partial charge in [0.05, 0.1) is 16.9 Å². The lowest BCUT2D eigenvalue weighted by Gasteiger charge is -2.33. The van der Waals surface area contributed by atoms with Crippen molar-refractivity contribution in [3.05, 3.63) is 70.3 Å². The van der Waals surface area contributed by atoms with Crippen LogP contribution in [0.5, 0.6) is 5.75 Å². The SMILES string of the molecule is COc1ccc(S(=O)(=O)N2CCN(C/C=C/c3ccccc3)CC2)cc1[N+](=O)[O-]. The molecule has 0 spiro atoms. The van der Waals surface area contributed by atoms with E-state index < -0.39 is 14.9 Å². The topological polar surface area (TPSA) is 93.0 Å². The Hall–Kier alpha value is -2.75. The van der Waals surface area contributed by atoms with Crippen molar-refractivity contribution >= 4 is 21.8 Å². The van der Waals surface area contributed by atoms with Gasteiger partial charge in [-0.2, -0.15) is 4.31 Å². The van der Waals surface area contributed by atoms with Crippen LogP contribution in [0, 0.1) is 10.1 Å². The number of nitro benzene ring substituents is 1. The van der Waals surface area contributed by atoms with Gasteiger partial charge < -0.3 is 4.74 Å². The summed E-state index contributed by atoms with van der Waals surface area (Å²) in [7, 11) is -2.49. The molecule has 0 bridgehead atoms. The largest absolute Gasteiger partial charge is 0.490 e. The predicted molar refractivity (Wildman–Crippen MR) is 110 cm³/mol.